The summed E-state index contributed by atoms with van der Waals surface area (Å²) in [4.78, 5) is 35.3. The van der Waals surface area contributed by atoms with E-state index in [-0.39, 0.29) is 33.7 Å². The summed E-state index contributed by atoms with van der Waals surface area (Å²) < 4.78 is 21.4. The Morgan fingerprint density at radius 1 is 0.969 bits per heavy atom. The second kappa shape index (κ2) is 8.60. The van der Waals surface area contributed by atoms with Gasteiger partial charge in [0, 0.05) is 18.2 Å². The molecule has 0 unspecified atom stereocenters. The van der Waals surface area contributed by atoms with Crippen molar-refractivity contribution in [3.63, 3.8) is 0 Å². The van der Waals surface area contributed by atoms with Gasteiger partial charge in [0.05, 0.1) is 23.0 Å². The van der Waals surface area contributed by atoms with Crippen LogP contribution in [0.2, 0.25) is 0 Å². The molecular formula is C23H15NO8. The number of nitro benzene ring substituents is 1. The van der Waals surface area contributed by atoms with Crippen LogP contribution in [0.1, 0.15) is 10.4 Å². The molecule has 1 aromatic heterocycles. The van der Waals surface area contributed by atoms with Crippen LogP contribution in [0.3, 0.4) is 0 Å². The fourth-order valence-electron chi connectivity index (χ4n) is 2.91. The summed E-state index contributed by atoms with van der Waals surface area (Å²) in [5, 5.41) is 11.1. The smallest absolute Gasteiger partial charge is 0.343 e. The van der Waals surface area contributed by atoms with E-state index in [0.29, 0.717) is 11.5 Å². The average molecular weight is 433 g/mol. The van der Waals surface area contributed by atoms with E-state index in [1.165, 1.54) is 42.7 Å². The quantitative estimate of drug-likeness (QED) is 0.185. The predicted molar refractivity (Wildman–Crippen MR) is 114 cm³/mol. The van der Waals surface area contributed by atoms with Crippen LogP contribution >= 0.6 is 0 Å². The Labute approximate surface area is 180 Å². The van der Waals surface area contributed by atoms with Crippen LogP contribution in [0.5, 0.6) is 23.0 Å². The zero-order chi connectivity index (χ0) is 22.7. The minimum atomic E-state index is -0.783. The molecule has 0 radical (unpaired) electrons. The molecule has 32 heavy (non-hydrogen) atoms. The first kappa shape index (κ1) is 20.6. The average Bonchev–Trinajstić information content (AvgIpc) is 2.81. The molecule has 0 spiro atoms. The summed E-state index contributed by atoms with van der Waals surface area (Å²) >= 11 is 0. The van der Waals surface area contributed by atoms with Crippen LogP contribution < -0.4 is 19.6 Å². The highest BCUT2D eigenvalue weighted by atomic mass is 16.6. The van der Waals surface area contributed by atoms with E-state index >= 15 is 0 Å². The number of carbonyl (C=O) groups excluding carboxylic acids is 1. The van der Waals surface area contributed by atoms with Gasteiger partial charge in [-0.15, -0.1) is 0 Å². The van der Waals surface area contributed by atoms with Crippen LogP contribution in [-0.2, 0) is 0 Å². The summed E-state index contributed by atoms with van der Waals surface area (Å²) in [6, 6.07) is 16.1. The third-order valence-electron chi connectivity index (χ3n) is 4.50. The number of nitro groups is 1. The molecule has 0 amide bonds. The van der Waals surface area contributed by atoms with E-state index in [4.69, 9.17) is 18.6 Å². The Morgan fingerprint density at radius 2 is 1.69 bits per heavy atom. The van der Waals surface area contributed by atoms with Crippen molar-refractivity contribution in [3.05, 3.63) is 98.9 Å². The van der Waals surface area contributed by atoms with Gasteiger partial charge in [0.25, 0.3) is 5.69 Å². The van der Waals surface area contributed by atoms with E-state index in [9.17, 15) is 19.7 Å². The molecule has 4 rings (SSSR count). The molecule has 0 atom stereocenters. The van der Waals surface area contributed by atoms with E-state index < -0.39 is 16.3 Å². The number of hydrogen-bond donors (Lipinski definition) is 0. The van der Waals surface area contributed by atoms with Gasteiger partial charge in [0.1, 0.15) is 29.1 Å². The largest absolute Gasteiger partial charge is 0.497 e. The Kier molecular flexibility index (Phi) is 5.54. The molecule has 4 aromatic rings. The highest BCUT2D eigenvalue weighted by molar-refractivity contribution is 5.92. The van der Waals surface area contributed by atoms with Gasteiger partial charge < -0.3 is 18.6 Å². The second-order valence-electron chi connectivity index (χ2n) is 6.56. The van der Waals surface area contributed by atoms with Gasteiger partial charge in [-0.1, -0.05) is 6.07 Å². The lowest BCUT2D eigenvalue weighted by Gasteiger charge is -2.08. The van der Waals surface area contributed by atoms with E-state index in [1.54, 1.807) is 31.4 Å². The Hall–Kier alpha value is -4.66. The molecule has 0 aliphatic heterocycles. The van der Waals surface area contributed by atoms with Crippen LogP contribution in [0, 0.1) is 10.1 Å². The van der Waals surface area contributed by atoms with Gasteiger partial charge in [-0.3, -0.25) is 14.9 Å². The molecule has 0 aliphatic carbocycles. The van der Waals surface area contributed by atoms with Crippen molar-refractivity contribution in [2.75, 3.05) is 7.11 Å². The number of nitrogens with zero attached hydrogens (tertiary/aromatic N) is 1. The van der Waals surface area contributed by atoms with Gasteiger partial charge in [-0.2, -0.15) is 0 Å². The van der Waals surface area contributed by atoms with Crippen molar-refractivity contribution in [1.82, 2.24) is 0 Å². The summed E-state index contributed by atoms with van der Waals surface area (Å²) in [5.41, 5.74) is -0.433. The van der Waals surface area contributed by atoms with E-state index in [1.807, 2.05) is 0 Å². The first-order valence-electron chi connectivity index (χ1n) is 9.29. The number of non-ortho nitro benzene ring substituents is 1. The molecule has 0 bridgehead atoms. The van der Waals surface area contributed by atoms with Crippen molar-refractivity contribution in [1.29, 1.82) is 0 Å². The highest BCUT2D eigenvalue weighted by Crippen LogP contribution is 2.26. The van der Waals surface area contributed by atoms with Crippen LogP contribution in [0.4, 0.5) is 5.69 Å². The van der Waals surface area contributed by atoms with Crippen molar-refractivity contribution >= 4 is 22.6 Å². The number of carbonyl (C=O) groups is 1. The molecule has 0 aliphatic rings. The lowest BCUT2D eigenvalue weighted by atomic mass is 10.2. The molecule has 160 valence electrons. The molecule has 9 heteroatoms. The fraction of sp³-hybridized carbons (Fsp3) is 0.0435. The number of methoxy groups -OCH3 is 1. The number of ether oxygens (including phenoxy) is 3. The fourth-order valence-corrected chi connectivity index (χ4v) is 2.91. The Morgan fingerprint density at radius 3 is 2.41 bits per heavy atom. The van der Waals surface area contributed by atoms with E-state index in [0.717, 1.165) is 6.07 Å². The van der Waals surface area contributed by atoms with E-state index in [2.05, 4.69) is 0 Å². The molecule has 3 aromatic carbocycles. The molecule has 1 heterocycles. The lowest BCUT2D eigenvalue weighted by molar-refractivity contribution is -0.384. The van der Waals surface area contributed by atoms with Gasteiger partial charge in [-0.05, 0) is 42.5 Å². The second-order valence-corrected chi connectivity index (χ2v) is 6.56. The summed E-state index contributed by atoms with van der Waals surface area (Å²) in [6.45, 7) is 0. The Balaban J connectivity index is 1.56. The van der Waals surface area contributed by atoms with Crippen LogP contribution in [0.25, 0.3) is 11.0 Å². The summed E-state index contributed by atoms with van der Waals surface area (Å²) in [7, 11) is 1.54. The number of hydrogen-bond acceptors (Lipinski definition) is 8. The molecule has 9 nitrogen and oxygen atoms in total. The standard InChI is InChI=1S/C23H15NO8/c1-29-16-5-7-17(8-6-16)31-21-13-30-20-12-18(9-10-19(20)22(21)25)32-23(26)14-3-2-4-15(11-14)24(27)28/h2-13H,1H3. The van der Waals surface area contributed by atoms with Crippen molar-refractivity contribution < 1.29 is 28.3 Å². The molecule has 0 saturated carbocycles. The van der Waals surface area contributed by atoms with Crippen LogP contribution in [-0.4, -0.2) is 18.0 Å². The topological polar surface area (TPSA) is 118 Å². The van der Waals surface area contributed by atoms with Crippen molar-refractivity contribution in [2.24, 2.45) is 0 Å². The minimum absolute atomic E-state index is 0.0102. The van der Waals surface area contributed by atoms with Crippen molar-refractivity contribution in [2.45, 2.75) is 0 Å². The van der Waals surface area contributed by atoms with Crippen LogP contribution in [0.15, 0.2) is 82.2 Å². The first-order chi connectivity index (χ1) is 15.4. The first-order valence-corrected chi connectivity index (χ1v) is 9.29. The SMILES string of the molecule is COc1ccc(Oc2coc3cc(OC(=O)c4cccc([N+](=O)[O-])c4)ccc3c2=O)cc1. The zero-order valence-corrected chi connectivity index (χ0v) is 16.6. The monoisotopic (exact) mass is 433 g/mol. The molecule has 0 fully saturated rings. The van der Waals surface area contributed by atoms with Gasteiger partial charge >= 0.3 is 5.97 Å². The highest BCUT2D eigenvalue weighted by Gasteiger charge is 2.15. The molecular weight excluding hydrogens is 418 g/mol. The van der Waals surface area contributed by atoms with Gasteiger partial charge in [0.15, 0.2) is 0 Å². The number of fused-ring (bicyclic) bond motifs is 1. The Bertz CT molecular complexity index is 1380. The van der Waals surface area contributed by atoms with Crippen molar-refractivity contribution in [3.8, 4) is 23.0 Å². The number of benzene rings is 3. The minimum Gasteiger partial charge on any atom is -0.497 e. The summed E-state index contributed by atoms with van der Waals surface area (Å²) in [5.74, 6) is 0.398. The normalized spacial score (nSPS) is 10.5. The number of esters is 1. The molecule has 0 N–H and O–H groups in total. The predicted octanol–water partition coefficient (Wildman–Crippen LogP) is 4.72. The summed E-state index contributed by atoms with van der Waals surface area (Å²) in [6.07, 6.45) is 1.17. The maximum Gasteiger partial charge on any atom is 0.343 e. The molecule has 0 saturated heterocycles. The maximum atomic E-state index is 12.7. The van der Waals surface area contributed by atoms with Gasteiger partial charge in [-0.25, -0.2) is 4.79 Å². The lowest BCUT2D eigenvalue weighted by Crippen LogP contribution is -2.09. The third kappa shape index (κ3) is 4.26. The van der Waals surface area contributed by atoms with Gasteiger partial charge in [0.2, 0.25) is 11.2 Å². The zero-order valence-electron chi connectivity index (χ0n) is 16.6. The number of rotatable bonds is 6. The third-order valence-corrected chi connectivity index (χ3v) is 4.50. The maximum absolute atomic E-state index is 12.7.